The predicted octanol–water partition coefficient (Wildman–Crippen LogP) is 1.90. The van der Waals surface area contributed by atoms with Crippen LogP contribution in [0.3, 0.4) is 0 Å². The van der Waals surface area contributed by atoms with Crippen LogP contribution >= 0.6 is 0 Å². The first-order chi connectivity index (χ1) is 4.85. The standard InChI is InChI=1S/BN9/c2-8-5-1(6-9-3)7-10-4. The van der Waals surface area contributed by atoms with Crippen LogP contribution in [0.1, 0.15) is 0 Å². The van der Waals surface area contributed by atoms with E-state index in [0.717, 1.165) is 0 Å². The molecule has 0 rings (SSSR count). The van der Waals surface area contributed by atoms with Crippen molar-refractivity contribution in [2.24, 2.45) is 15.1 Å². The summed E-state index contributed by atoms with van der Waals surface area (Å²) < 4.78 is 0. The molecule has 0 heterocycles. The molecule has 0 aromatic heterocycles. The number of rotatable bonds is 3. The zero-order valence-electron chi connectivity index (χ0n) is 4.60. The van der Waals surface area contributed by atoms with Crippen LogP contribution in [0.4, 0.5) is 0 Å². The molecule has 0 aliphatic heterocycles. The van der Waals surface area contributed by atoms with Gasteiger partial charge in [-0.15, -0.1) is 15.1 Å². The lowest BCUT2D eigenvalue weighted by Gasteiger charge is -1.80. The molecule has 0 saturated heterocycles. The molecule has 0 radical (unpaired) electrons. The van der Waals surface area contributed by atoms with Gasteiger partial charge in [0.05, 0.1) is 0 Å². The molecular weight excluding hydrogens is 137 g/mol. The minimum Gasteiger partial charge on any atom is -0.134 e. The Morgan fingerprint density at radius 3 is 1.30 bits per heavy atom. The highest BCUT2D eigenvalue weighted by Crippen LogP contribution is 1.90. The number of hydrogen-bond acceptors (Lipinski definition) is 3. The first-order valence-corrected chi connectivity index (χ1v) is 1.97. The SMILES string of the molecule is [N-]=[N+]=NB(N=[N+]=[N-])N=[N+]=[N-]. The summed E-state index contributed by atoms with van der Waals surface area (Å²) >= 11 is 0. The van der Waals surface area contributed by atoms with E-state index < -0.39 is 7.12 Å². The summed E-state index contributed by atoms with van der Waals surface area (Å²) in [6.45, 7) is 0. The third-order valence-electron chi connectivity index (χ3n) is 0.465. The van der Waals surface area contributed by atoms with Gasteiger partial charge in [0.1, 0.15) is 0 Å². The quantitative estimate of drug-likeness (QED) is 0.241. The molecule has 0 bridgehead atoms. The molecular formula is BN9. The van der Waals surface area contributed by atoms with Gasteiger partial charge in [-0.1, -0.05) is 0 Å². The van der Waals surface area contributed by atoms with Gasteiger partial charge in [-0.25, -0.2) is 0 Å². The summed E-state index contributed by atoms with van der Waals surface area (Å²) in [5, 5.41) is 8.53. The molecule has 0 fully saturated rings. The molecule has 0 unspecified atom stereocenters. The molecule has 0 N–H and O–H groups in total. The fraction of sp³-hybridized carbons (Fsp3) is 0. The van der Waals surface area contributed by atoms with Gasteiger partial charge in [0, 0.05) is 0 Å². The average molecular weight is 137 g/mol. The summed E-state index contributed by atoms with van der Waals surface area (Å²) in [6.07, 6.45) is 0. The lowest BCUT2D eigenvalue weighted by Crippen LogP contribution is -1.96. The Kier molecular flexibility index (Phi) is 4.11. The lowest BCUT2D eigenvalue weighted by atomic mass is 10.0. The Morgan fingerprint density at radius 2 is 1.10 bits per heavy atom. The van der Waals surface area contributed by atoms with Gasteiger partial charge in [0.15, 0.2) is 0 Å². The zero-order valence-corrected chi connectivity index (χ0v) is 4.60. The van der Waals surface area contributed by atoms with Crippen molar-refractivity contribution < 1.29 is 0 Å². The van der Waals surface area contributed by atoms with Crippen LogP contribution in [-0.4, -0.2) is 7.12 Å². The van der Waals surface area contributed by atoms with E-state index in [1.165, 1.54) is 0 Å². The summed E-state index contributed by atoms with van der Waals surface area (Å²) in [7, 11) is -1.35. The molecule has 10 heteroatoms. The van der Waals surface area contributed by atoms with Crippen LogP contribution in [0.5, 0.6) is 0 Å². The van der Waals surface area contributed by atoms with E-state index in [4.69, 9.17) is 16.6 Å². The average Bonchev–Trinajstić information content (AvgIpc) is 1.90. The van der Waals surface area contributed by atoms with Crippen molar-refractivity contribution >= 4 is 7.12 Å². The Hall–Kier alpha value is -2.01. The van der Waals surface area contributed by atoms with Crippen molar-refractivity contribution in [1.29, 1.82) is 0 Å². The van der Waals surface area contributed by atoms with E-state index >= 15 is 0 Å². The first-order valence-electron chi connectivity index (χ1n) is 1.97. The second kappa shape index (κ2) is 5.14. The normalized spacial score (nSPS) is 6.00. The van der Waals surface area contributed by atoms with Crippen molar-refractivity contribution in [2.75, 3.05) is 0 Å². The highest BCUT2D eigenvalue weighted by Gasteiger charge is 2.03. The van der Waals surface area contributed by atoms with E-state index in [-0.39, 0.29) is 0 Å². The number of azide groups is 1. The van der Waals surface area contributed by atoms with Gasteiger partial charge in [0.2, 0.25) is 0 Å². The van der Waals surface area contributed by atoms with Crippen LogP contribution in [0.2, 0.25) is 0 Å². The molecule has 0 aromatic carbocycles. The van der Waals surface area contributed by atoms with E-state index in [1.54, 1.807) is 0 Å². The van der Waals surface area contributed by atoms with E-state index in [0.29, 0.717) is 0 Å². The van der Waals surface area contributed by atoms with Gasteiger partial charge < -0.3 is 0 Å². The monoisotopic (exact) mass is 137 g/mol. The Balaban J connectivity index is 4.39. The fourth-order valence-electron chi connectivity index (χ4n) is 0.208. The van der Waals surface area contributed by atoms with Gasteiger partial charge in [-0.2, -0.15) is 0 Å². The van der Waals surface area contributed by atoms with Gasteiger partial charge in [-0.05, 0) is 31.3 Å². The van der Waals surface area contributed by atoms with E-state index in [9.17, 15) is 0 Å². The second-order valence-electron chi connectivity index (χ2n) is 0.961. The van der Waals surface area contributed by atoms with E-state index in [1.807, 2.05) is 0 Å². The summed E-state index contributed by atoms with van der Waals surface area (Å²) in [4.78, 5) is 6.81. The molecule has 0 amide bonds. The zero-order chi connectivity index (χ0) is 7.82. The molecule has 9 nitrogen and oxygen atoms in total. The van der Waals surface area contributed by atoms with Crippen molar-refractivity contribution in [2.45, 2.75) is 0 Å². The predicted molar refractivity (Wildman–Crippen MR) is 33.2 cm³/mol. The minimum atomic E-state index is -1.35. The highest BCUT2D eigenvalue weighted by atomic mass is 15.3. The van der Waals surface area contributed by atoms with Crippen LogP contribution in [-0.2, 0) is 0 Å². The molecule has 0 spiro atoms. The molecule has 0 aliphatic rings. The number of hydrogen-bond donors (Lipinski definition) is 0. The highest BCUT2D eigenvalue weighted by molar-refractivity contribution is 6.52. The molecule has 0 aromatic rings. The molecule has 0 saturated carbocycles. The van der Waals surface area contributed by atoms with Gasteiger partial charge in [-0.3, -0.25) is 0 Å². The van der Waals surface area contributed by atoms with Crippen molar-refractivity contribution in [3.05, 3.63) is 31.3 Å². The molecule has 0 aliphatic carbocycles. The molecule has 0 atom stereocenters. The summed E-state index contributed by atoms with van der Waals surface area (Å²) in [6, 6.07) is 0. The maximum atomic E-state index is 7.78. The molecule has 10 heavy (non-hydrogen) atoms. The van der Waals surface area contributed by atoms with Crippen LogP contribution in [0.25, 0.3) is 31.3 Å². The Bertz CT molecular complexity index is 189. The fourth-order valence-corrected chi connectivity index (χ4v) is 0.208. The minimum absolute atomic E-state index is 1.35. The summed E-state index contributed by atoms with van der Waals surface area (Å²) in [5.74, 6) is 0. The smallest absolute Gasteiger partial charge is 0.134 e. The van der Waals surface area contributed by atoms with Crippen molar-refractivity contribution in [3.8, 4) is 0 Å². The van der Waals surface area contributed by atoms with E-state index in [2.05, 4.69) is 29.8 Å². The summed E-state index contributed by atoms with van der Waals surface area (Å²) in [5.41, 5.74) is 23.3. The Morgan fingerprint density at radius 1 is 0.800 bits per heavy atom. The maximum absolute atomic E-state index is 7.78. The number of nitrogens with zero attached hydrogens (tertiary/aromatic N) is 9. The third-order valence-corrected chi connectivity index (χ3v) is 0.465. The van der Waals surface area contributed by atoms with Crippen LogP contribution in [0, 0.1) is 0 Å². The van der Waals surface area contributed by atoms with Crippen molar-refractivity contribution in [1.82, 2.24) is 0 Å². The van der Waals surface area contributed by atoms with Crippen LogP contribution in [0.15, 0.2) is 15.1 Å². The first kappa shape index (κ1) is 7.99. The molecule has 48 valence electrons. The topological polar surface area (TPSA) is 146 Å². The maximum Gasteiger partial charge on any atom is 0.438 e. The van der Waals surface area contributed by atoms with Crippen molar-refractivity contribution in [3.63, 3.8) is 0 Å². The van der Waals surface area contributed by atoms with Gasteiger partial charge in [0.25, 0.3) is 0 Å². The third kappa shape index (κ3) is 3.06. The van der Waals surface area contributed by atoms with Crippen LogP contribution < -0.4 is 0 Å². The second-order valence-corrected chi connectivity index (χ2v) is 0.961. The lowest BCUT2D eigenvalue weighted by molar-refractivity contribution is 1.43. The van der Waals surface area contributed by atoms with Gasteiger partial charge >= 0.3 is 7.12 Å². The largest absolute Gasteiger partial charge is 0.438 e. The Labute approximate surface area is 54.7 Å².